The van der Waals surface area contributed by atoms with E-state index in [1.165, 1.54) is 16.9 Å². The van der Waals surface area contributed by atoms with Crippen LogP contribution in [0.25, 0.3) is 21.6 Å². The van der Waals surface area contributed by atoms with Gasteiger partial charge in [0.2, 0.25) is 23.6 Å². The highest BCUT2D eigenvalue weighted by atomic mass is 35.5. The molecular weight excluding hydrogens is 947 g/mol. The molecule has 1 fully saturated rings. The lowest BCUT2D eigenvalue weighted by Gasteiger charge is -2.39. The number of carbonyl (C=O) groups is 5. The number of hydrogen-bond donors (Lipinski definition) is 4. The Morgan fingerprint density at radius 2 is 1.55 bits per heavy atom. The van der Waals surface area contributed by atoms with Crippen molar-refractivity contribution < 1.29 is 42.9 Å². The molecule has 376 valence electrons. The van der Waals surface area contributed by atoms with Gasteiger partial charge in [0.05, 0.1) is 42.4 Å². The van der Waals surface area contributed by atoms with Crippen molar-refractivity contribution >= 4 is 58.2 Å². The molecule has 2 aliphatic heterocycles. The maximum Gasteiger partial charge on any atom is 0.251 e. The normalized spacial score (nSPS) is 19.2. The lowest BCUT2D eigenvalue weighted by atomic mass is 9.81. The molecule has 5 amide bonds. The zero-order valence-electron chi connectivity index (χ0n) is 40.9. The molecule has 0 radical (unpaired) electrons. The van der Waals surface area contributed by atoms with Gasteiger partial charge in [-0.2, -0.15) is 0 Å². The van der Waals surface area contributed by atoms with E-state index in [2.05, 4.69) is 33.9 Å². The fourth-order valence-electron chi connectivity index (χ4n) is 9.25. The van der Waals surface area contributed by atoms with Crippen molar-refractivity contribution in [3.8, 4) is 21.6 Å². The van der Waals surface area contributed by atoms with E-state index in [0.717, 1.165) is 61.8 Å². The van der Waals surface area contributed by atoms with Gasteiger partial charge < -0.3 is 40.3 Å². The topological polar surface area (TPSA) is 180 Å². The van der Waals surface area contributed by atoms with Gasteiger partial charge in [-0.25, -0.2) is 9.37 Å². The van der Waals surface area contributed by atoms with Crippen LogP contribution in [-0.4, -0.2) is 114 Å². The number of benzene rings is 4. The predicted molar refractivity (Wildman–Crippen MR) is 273 cm³/mol. The molecule has 1 saturated heterocycles. The van der Waals surface area contributed by atoms with Crippen molar-refractivity contribution in [3.63, 3.8) is 0 Å². The van der Waals surface area contributed by atoms with Gasteiger partial charge >= 0.3 is 0 Å². The van der Waals surface area contributed by atoms with Crippen LogP contribution in [0.3, 0.4) is 0 Å². The van der Waals surface area contributed by atoms with Crippen molar-refractivity contribution in [3.05, 3.63) is 129 Å². The first kappa shape index (κ1) is 52.8. The van der Waals surface area contributed by atoms with Gasteiger partial charge in [0.1, 0.15) is 24.8 Å². The summed E-state index contributed by atoms with van der Waals surface area (Å²) in [6, 6.07) is 26.2. The zero-order valence-corrected chi connectivity index (χ0v) is 42.4. The number of β-amino-alcohol motifs (C(OH)–C–C–N with tert-alkyl or cyclic N) is 1. The largest absolute Gasteiger partial charge is 0.388 e. The number of ether oxygens (including phenoxy) is 2. The number of halogens is 2. The lowest BCUT2D eigenvalue weighted by Crippen LogP contribution is -2.59. The monoisotopic (exact) mass is 1010 g/mol. The van der Waals surface area contributed by atoms with Crippen LogP contribution in [0.15, 0.2) is 96.5 Å². The summed E-state index contributed by atoms with van der Waals surface area (Å²) in [6.07, 6.45) is -1.98. The molecule has 4 aromatic carbocycles. The van der Waals surface area contributed by atoms with Gasteiger partial charge in [-0.15, -0.1) is 11.3 Å². The van der Waals surface area contributed by atoms with Gasteiger partial charge in [0.25, 0.3) is 5.91 Å². The smallest absolute Gasteiger partial charge is 0.251 e. The van der Waals surface area contributed by atoms with E-state index in [-0.39, 0.29) is 56.7 Å². The van der Waals surface area contributed by atoms with Crippen LogP contribution in [0, 0.1) is 12.3 Å². The Morgan fingerprint density at radius 3 is 2.21 bits per heavy atom. The summed E-state index contributed by atoms with van der Waals surface area (Å²) in [4.78, 5) is 74.3. The number of anilines is 1. The van der Waals surface area contributed by atoms with Crippen LogP contribution in [0.2, 0.25) is 5.02 Å². The Bertz CT molecular complexity index is 2680. The molecule has 2 aliphatic rings. The van der Waals surface area contributed by atoms with E-state index in [1.807, 2.05) is 84.6 Å². The molecule has 0 aliphatic carbocycles. The van der Waals surface area contributed by atoms with E-state index < -0.39 is 60.6 Å². The second kappa shape index (κ2) is 23.5. The molecule has 1 aromatic heterocycles. The minimum atomic E-state index is -2.03. The minimum absolute atomic E-state index is 0.00476. The molecule has 71 heavy (non-hydrogen) atoms. The van der Waals surface area contributed by atoms with Crippen LogP contribution in [0.5, 0.6) is 0 Å². The Morgan fingerprint density at radius 1 is 0.887 bits per heavy atom. The molecule has 3 heterocycles. The molecule has 7 rings (SSSR count). The van der Waals surface area contributed by atoms with Crippen LogP contribution >= 0.6 is 22.9 Å². The predicted octanol–water partition coefficient (Wildman–Crippen LogP) is 7.43. The van der Waals surface area contributed by atoms with Crippen LogP contribution in [0.4, 0.5) is 10.1 Å². The first-order chi connectivity index (χ1) is 33.9. The van der Waals surface area contributed by atoms with Crippen LogP contribution < -0.4 is 20.9 Å². The quantitative estimate of drug-likeness (QED) is 0.0650. The van der Waals surface area contributed by atoms with E-state index in [9.17, 15) is 29.1 Å². The highest BCUT2D eigenvalue weighted by Gasteiger charge is 2.50. The number of carbonyl (C=O) groups excluding carboxylic acids is 5. The summed E-state index contributed by atoms with van der Waals surface area (Å²) in [5, 5.41) is 19.4. The summed E-state index contributed by atoms with van der Waals surface area (Å²) in [6.45, 7) is 10.6. The second-order valence-electron chi connectivity index (χ2n) is 19.3. The van der Waals surface area contributed by atoms with Crippen LogP contribution in [0.1, 0.15) is 79.7 Å². The zero-order chi connectivity index (χ0) is 51.0. The number of aromatic nitrogens is 1. The number of amides is 5. The summed E-state index contributed by atoms with van der Waals surface area (Å²) in [5.41, 5.74) is 9.17. The van der Waals surface area contributed by atoms with Gasteiger partial charge in [0.15, 0.2) is 6.17 Å². The van der Waals surface area contributed by atoms with E-state index in [4.69, 9.17) is 21.1 Å². The van der Waals surface area contributed by atoms with E-state index in [1.54, 1.807) is 45.3 Å². The number of aliphatic hydroxyl groups is 1. The Hall–Kier alpha value is -6.04. The van der Waals surface area contributed by atoms with Gasteiger partial charge in [-0.05, 0) is 108 Å². The standard InChI is InChI=1S/C54H62ClFN6O8S/c1-32-25-41(26-35-9-18-42(55)19-10-35)43-27-40(17-20-44(43)62(32)34(3)63)37-13-15-39(16-14-37)51(66)57-21-22-69-23-24-70-30-46(65)60-50(54(4,5)6)53(68)61-29-45(64)47(56)48(61)52(67)58-28-36-7-11-38(12-8-36)49-33(2)59-31-71-49/h7-20,27,31-32,41,45,47-48,50,64H,21-26,28-30H2,1-6H3,(H,57,66)(H,58,67)(H,60,65)/t32-,41-,45-,47+,48-,50+/m0/s1. The summed E-state index contributed by atoms with van der Waals surface area (Å²) in [5.74, 6) is -2.14. The number of rotatable bonds is 18. The van der Waals surface area contributed by atoms with Gasteiger partial charge in [-0.3, -0.25) is 24.0 Å². The number of fused-ring (bicyclic) bond motifs is 1. The highest BCUT2D eigenvalue weighted by Crippen LogP contribution is 2.42. The van der Waals surface area contributed by atoms with Crippen molar-refractivity contribution in [1.29, 1.82) is 0 Å². The minimum Gasteiger partial charge on any atom is -0.388 e. The first-order valence-corrected chi connectivity index (χ1v) is 25.1. The molecule has 14 nitrogen and oxygen atoms in total. The molecule has 4 N–H and O–H groups in total. The Kier molecular flexibility index (Phi) is 17.4. The highest BCUT2D eigenvalue weighted by molar-refractivity contribution is 7.13. The maximum atomic E-state index is 15.4. The number of aryl methyl sites for hydroxylation is 1. The van der Waals surface area contributed by atoms with E-state index >= 15 is 4.39 Å². The van der Waals surface area contributed by atoms with Gasteiger partial charge in [0, 0.05) is 42.3 Å². The molecule has 6 atom stereocenters. The fourth-order valence-corrected chi connectivity index (χ4v) is 10.2. The molecule has 0 unspecified atom stereocenters. The number of thiazole rings is 1. The first-order valence-electron chi connectivity index (χ1n) is 23.8. The molecule has 17 heteroatoms. The Balaban J connectivity index is 0.836. The third-order valence-corrected chi connectivity index (χ3v) is 14.2. The van der Waals surface area contributed by atoms with Gasteiger partial charge in [-0.1, -0.05) is 87.0 Å². The second-order valence-corrected chi connectivity index (χ2v) is 20.6. The third kappa shape index (κ3) is 13.1. The average molecular weight is 1010 g/mol. The fraction of sp³-hybridized carbons (Fsp3) is 0.407. The van der Waals surface area contributed by atoms with Crippen molar-refractivity contribution in [2.45, 2.75) is 97.2 Å². The number of nitrogens with one attached hydrogen (secondary N) is 3. The number of alkyl halides is 1. The molecule has 0 saturated carbocycles. The SMILES string of the molecule is CC(=O)N1c2ccc(-c3ccc(C(=O)NCCOCCOCC(=O)N[C@H](C(=O)N4C[C@H](O)[C@@H](F)[C@H]4C(=O)NCc4ccc(-c5scnc5C)cc4)C(C)(C)C)cc3)cc2[C@H](Cc2ccc(Cl)cc2)C[C@@H]1C. The van der Waals surface area contributed by atoms with Crippen molar-refractivity contribution in [2.75, 3.05) is 44.4 Å². The summed E-state index contributed by atoms with van der Waals surface area (Å²) < 4.78 is 26.5. The van der Waals surface area contributed by atoms with Crippen molar-refractivity contribution in [1.82, 2.24) is 25.8 Å². The molecular formula is C54H62ClFN6O8S. The summed E-state index contributed by atoms with van der Waals surface area (Å²) in [7, 11) is 0. The average Bonchev–Trinajstić information content (AvgIpc) is 3.91. The van der Waals surface area contributed by atoms with Crippen LogP contribution in [-0.2, 0) is 41.6 Å². The van der Waals surface area contributed by atoms with Crippen molar-refractivity contribution in [2.24, 2.45) is 5.41 Å². The number of likely N-dealkylation sites (tertiary alicyclic amines) is 1. The summed E-state index contributed by atoms with van der Waals surface area (Å²) >= 11 is 7.68. The number of hydrogen-bond acceptors (Lipinski definition) is 10. The van der Waals surface area contributed by atoms with E-state index in [0.29, 0.717) is 10.6 Å². The Labute approximate surface area is 423 Å². The maximum absolute atomic E-state index is 15.4. The number of aliphatic hydroxyl groups excluding tert-OH is 1. The molecule has 0 spiro atoms. The molecule has 5 aromatic rings. The molecule has 0 bridgehead atoms. The lowest BCUT2D eigenvalue weighted by molar-refractivity contribution is -0.145. The number of nitrogens with zero attached hydrogens (tertiary/aromatic N) is 3. The third-order valence-electron chi connectivity index (χ3n) is 12.9.